The molecule has 2 atom stereocenters. The largest absolute Gasteiger partial charge is 0.491 e. The molecule has 1 N–H and O–H groups in total. The Morgan fingerprint density at radius 2 is 1.73 bits per heavy atom. The summed E-state index contributed by atoms with van der Waals surface area (Å²) < 4.78 is 37.3. The van der Waals surface area contributed by atoms with Crippen LogP contribution in [0.1, 0.15) is 13.8 Å². The number of sulfonamides is 1. The van der Waals surface area contributed by atoms with E-state index in [0.29, 0.717) is 36.9 Å². The lowest BCUT2D eigenvalue weighted by Gasteiger charge is -2.35. The number of rotatable bonds is 6. The van der Waals surface area contributed by atoms with Gasteiger partial charge in [-0.1, -0.05) is 0 Å². The standard InChI is InChI=1S/C15H24N2O4S/c1-12-10-17(11-13(2)16-12)22(18,19)15-6-4-14(5-7-15)21-9-8-20-3/h4-7,12-13,16H,8-11H2,1-3H3/t12-,13-/m0/s1. The van der Waals surface area contributed by atoms with Gasteiger partial charge in [-0.2, -0.15) is 4.31 Å². The summed E-state index contributed by atoms with van der Waals surface area (Å²) in [6, 6.07) is 6.84. The Labute approximate surface area is 132 Å². The Morgan fingerprint density at radius 3 is 2.27 bits per heavy atom. The van der Waals surface area contributed by atoms with Gasteiger partial charge in [0.1, 0.15) is 12.4 Å². The average molecular weight is 328 g/mol. The molecule has 6 nitrogen and oxygen atoms in total. The number of piperazine rings is 1. The molecule has 124 valence electrons. The Balaban J connectivity index is 2.09. The molecule has 1 aliphatic heterocycles. The van der Waals surface area contributed by atoms with Gasteiger partial charge in [0.25, 0.3) is 0 Å². The Kier molecular flexibility index (Phi) is 5.80. The number of hydrogen-bond donors (Lipinski definition) is 1. The fourth-order valence-electron chi connectivity index (χ4n) is 2.57. The maximum Gasteiger partial charge on any atom is 0.243 e. The fraction of sp³-hybridized carbons (Fsp3) is 0.600. The monoisotopic (exact) mass is 328 g/mol. The fourth-order valence-corrected chi connectivity index (χ4v) is 4.19. The zero-order valence-corrected chi connectivity index (χ0v) is 14.1. The van der Waals surface area contributed by atoms with E-state index in [1.54, 1.807) is 35.7 Å². The third kappa shape index (κ3) is 4.19. The summed E-state index contributed by atoms with van der Waals surface area (Å²) in [6.45, 7) is 5.89. The van der Waals surface area contributed by atoms with Crippen molar-refractivity contribution in [1.29, 1.82) is 0 Å². The van der Waals surface area contributed by atoms with E-state index in [4.69, 9.17) is 9.47 Å². The van der Waals surface area contributed by atoms with E-state index >= 15 is 0 Å². The summed E-state index contributed by atoms with van der Waals surface area (Å²) in [5.41, 5.74) is 0. The van der Waals surface area contributed by atoms with Crippen molar-refractivity contribution >= 4 is 10.0 Å². The van der Waals surface area contributed by atoms with Crippen molar-refractivity contribution in [3.05, 3.63) is 24.3 Å². The first-order chi connectivity index (χ1) is 10.4. The summed E-state index contributed by atoms with van der Waals surface area (Å²) in [6.07, 6.45) is 0. The van der Waals surface area contributed by atoms with Gasteiger partial charge >= 0.3 is 0 Å². The quantitative estimate of drug-likeness (QED) is 0.792. The molecule has 1 fully saturated rings. The van der Waals surface area contributed by atoms with Crippen LogP contribution in [0.2, 0.25) is 0 Å². The third-order valence-corrected chi connectivity index (χ3v) is 5.39. The summed E-state index contributed by atoms with van der Waals surface area (Å²) in [4.78, 5) is 0.299. The molecule has 1 aromatic carbocycles. The van der Waals surface area contributed by atoms with Crippen molar-refractivity contribution in [2.45, 2.75) is 30.8 Å². The number of methoxy groups -OCH3 is 1. The van der Waals surface area contributed by atoms with Gasteiger partial charge < -0.3 is 14.8 Å². The van der Waals surface area contributed by atoms with Crippen molar-refractivity contribution in [2.75, 3.05) is 33.4 Å². The minimum Gasteiger partial charge on any atom is -0.491 e. The zero-order chi connectivity index (χ0) is 16.2. The molecule has 1 aliphatic rings. The van der Waals surface area contributed by atoms with E-state index in [0.717, 1.165) is 0 Å². The Hall–Kier alpha value is -1.15. The van der Waals surface area contributed by atoms with Crippen molar-refractivity contribution in [2.24, 2.45) is 0 Å². The molecule has 22 heavy (non-hydrogen) atoms. The molecule has 2 rings (SSSR count). The molecule has 0 aromatic heterocycles. The van der Waals surface area contributed by atoms with E-state index in [-0.39, 0.29) is 12.1 Å². The number of ether oxygens (including phenoxy) is 2. The van der Waals surface area contributed by atoms with E-state index in [9.17, 15) is 8.42 Å². The van der Waals surface area contributed by atoms with Crippen molar-refractivity contribution in [3.63, 3.8) is 0 Å². The molecular weight excluding hydrogens is 304 g/mol. The Bertz CT molecular complexity index is 564. The molecule has 0 spiro atoms. The minimum absolute atomic E-state index is 0.148. The highest BCUT2D eigenvalue weighted by Crippen LogP contribution is 2.21. The number of benzene rings is 1. The summed E-state index contributed by atoms with van der Waals surface area (Å²) in [5, 5.41) is 3.33. The van der Waals surface area contributed by atoms with Gasteiger partial charge in [-0.25, -0.2) is 8.42 Å². The molecule has 0 saturated carbocycles. The zero-order valence-electron chi connectivity index (χ0n) is 13.3. The predicted octanol–water partition coefficient (Wildman–Crippen LogP) is 1.08. The maximum absolute atomic E-state index is 12.7. The van der Waals surface area contributed by atoms with Crippen LogP contribution in [-0.4, -0.2) is 58.2 Å². The van der Waals surface area contributed by atoms with Crippen molar-refractivity contribution < 1.29 is 17.9 Å². The molecule has 7 heteroatoms. The van der Waals surface area contributed by atoms with Crippen molar-refractivity contribution in [3.8, 4) is 5.75 Å². The smallest absolute Gasteiger partial charge is 0.243 e. The number of nitrogens with zero attached hydrogens (tertiary/aromatic N) is 1. The molecule has 0 bridgehead atoms. The molecule has 1 aromatic rings. The molecule has 1 saturated heterocycles. The highest BCUT2D eigenvalue weighted by Gasteiger charge is 2.31. The predicted molar refractivity (Wildman–Crippen MR) is 84.6 cm³/mol. The highest BCUT2D eigenvalue weighted by atomic mass is 32.2. The van der Waals surface area contributed by atoms with Crippen molar-refractivity contribution in [1.82, 2.24) is 9.62 Å². The van der Waals surface area contributed by atoms with E-state index in [1.165, 1.54) is 0 Å². The van der Waals surface area contributed by atoms with Crippen LogP contribution in [0, 0.1) is 0 Å². The summed E-state index contributed by atoms with van der Waals surface area (Å²) in [7, 11) is -1.85. The molecular formula is C15H24N2O4S. The van der Waals surface area contributed by atoms with Gasteiger partial charge in [0.15, 0.2) is 0 Å². The van der Waals surface area contributed by atoms with Crippen LogP contribution in [0.15, 0.2) is 29.2 Å². The molecule has 0 aliphatic carbocycles. The lowest BCUT2D eigenvalue weighted by molar-refractivity contribution is 0.146. The second-order valence-corrected chi connectivity index (χ2v) is 7.54. The molecule has 0 radical (unpaired) electrons. The Morgan fingerprint density at radius 1 is 1.14 bits per heavy atom. The normalized spacial score (nSPS) is 23.4. The van der Waals surface area contributed by atoms with Gasteiger partial charge in [0.05, 0.1) is 11.5 Å². The lowest BCUT2D eigenvalue weighted by Crippen LogP contribution is -2.55. The average Bonchev–Trinajstić information content (AvgIpc) is 2.47. The van der Waals surface area contributed by atoms with Gasteiger partial charge in [0.2, 0.25) is 10.0 Å². The molecule has 1 heterocycles. The maximum atomic E-state index is 12.7. The van der Waals surface area contributed by atoms with Crippen LogP contribution in [-0.2, 0) is 14.8 Å². The van der Waals surface area contributed by atoms with Gasteiger partial charge in [0, 0.05) is 32.3 Å². The van der Waals surface area contributed by atoms with E-state index < -0.39 is 10.0 Å². The van der Waals surface area contributed by atoms with E-state index in [2.05, 4.69) is 5.32 Å². The van der Waals surface area contributed by atoms with Crippen LogP contribution in [0.25, 0.3) is 0 Å². The SMILES string of the molecule is COCCOc1ccc(S(=O)(=O)N2C[C@H](C)N[C@@H](C)C2)cc1. The first-order valence-electron chi connectivity index (χ1n) is 7.41. The third-order valence-electron chi connectivity index (χ3n) is 3.54. The van der Waals surface area contributed by atoms with Crippen LogP contribution >= 0.6 is 0 Å². The minimum atomic E-state index is -3.46. The van der Waals surface area contributed by atoms with E-state index in [1.807, 2.05) is 13.8 Å². The van der Waals surface area contributed by atoms with Crippen LogP contribution in [0.4, 0.5) is 0 Å². The second-order valence-electron chi connectivity index (χ2n) is 5.60. The van der Waals surface area contributed by atoms with Gasteiger partial charge in [-0.3, -0.25) is 0 Å². The lowest BCUT2D eigenvalue weighted by atomic mass is 10.2. The number of nitrogens with one attached hydrogen (secondary N) is 1. The summed E-state index contributed by atoms with van der Waals surface area (Å²) >= 11 is 0. The van der Waals surface area contributed by atoms with Gasteiger partial charge in [-0.05, 0) is 38.1 Å². The van der Waals surface area contributed by atoms with Gasteiger partial charge in [-0.15, -0.1) is 0 Å². The van der Waals surface area contributed by atoms with Crippen LogP contribution in [0.5, 0.6) is 5.75 Å². The molecule has 0 amide bonds. The summed E-state index contributed by atoms with van der Waals surface area (Å²) in [5.74, 6) is 0.637. The molecule has 0 unspecified atom stereocenters. The van der Waals surface area contributed by atoms with Crippen LogP contribution in [0.3, 0.4) is 0 Å². The van der Waals surface area contributed by atoms with Crippen LogP contribution < -0.4 is 10.1 Å². The topological polar surface area (TPSA) is 67.9 Å². The second kappa shape index (κ2) is 7.41. The highest BCUT2D eigenvalue weighted by molar-refractivity contribution is 7.89. The first-order valence-corrected chi connectivity index (χ1v) is 8.85. The number of hydrogen-bond acceptors (Lipinski definition) is 5. The first kappa shape index (κ1) is 17.2.